The van der Waals surface area contributed by atoms with E-state index < -0.39 is 6.16 Å². The van der Waals surface area contributed by atoms with Gasteiger partial charge in [0, 0.05) is 5.02 Å². The van der Waals surface area contributed by atoms with Gasteiger partial charge in [0.2, 0.25) is 0 Å². The van der Waals surface area contributed by atoms with E-state index in [-0.39, 0.29) is 0 Å². The Labute approximate surface area is 116 Å². The monoisotopic (exact) mass is 274 g/mol. The van der Waals surface area contributed by atoms with Gasteiger partial charge < -0.3 is 9.47 Å². The fraction of sp³-hybridized carbons (Fsp3) is 0. The van der Waals surface area contributed by atoms with Gasteiger partial charge in [-0.05, 0) is 42.0 Å². The maximum absolute atomic E-state index is 11.5. The Hall–Kier alpha value is -2.26. The second kappa shape index (κ2) is 6.07. The fourth-order valence-electron chi connectivity index (χ4n) is 1.39. The van der Waals surface area contributed by atoms with Crippen LogP contribution in [0.2, 0.25) is 5.02 Å². The summed E-state index contributed by atoms with van der Waals surface area (Å²) in [4.78, 5) is 11.5. The predicted octanol–water partition coefficient (Wildman–Crippen LogP) is 4.56. The minimum absolute atomic E-state index is 0.372. The maximum Gasteiger partial charge on any atom is 0.519 e. The quantitative estimate of drug-likeness (QED) is 0.608. The fourth-order valence-corrected chi connectivity index (χ4v) is 1.51. The molecule has 0 bridgehead atoms. The molecule has 0 amide bonds. The number of rotatable bonds is 3. The third kappa shape index (κ3) is 3.86. The zero-order chi connectivity index (χ0) is 13.7. The van der Waals surface area contributed by atoms with Crippen molar-refractivity contribution >= 4 is 23.8 Å². The molecule has 0 aliphatic heterocycles. The minimum atomic E-state index is -0.798. The van der Waals surface area contributed by atoms with Crippen molar-refractivity contribution in [2.24, 2.45) is 0 Å². The zero-order valence-electron chi connectivity index (χ0n) is 10.0. The molecule has 0 atom stereocenters. The van der Waals surface area contributed by atoms with Crippen LogP contribution in [0.15, 0.2) is 55.1 Å². The lowest BCUT2D eigenvalue weighted by atomic mass is 10.2. The first-order valence-corrected chi connectivity index (χ1v) is 5.93. The number of hydrogen-bond donors (Lipinski definition) is 0. The van der Waals surface area contributed by atoms with E-state index >= 15 is 0 Å². The molecule has 0 saturated heterocycles. The van der Waals surface area contributed by atoms with Crippen molar-refractivity contribution in [1.82, 2.24) is 0 Å². The minimum Gasteiger partial charge on any atom is -0.395 e. The summed E-state index contributed by atoms with van der Waals surface area (Å²) in [5.41, 5.74) is 0.943. The lowest BCUT2D eigenvalue weighted by molar-refractivity contribution is 0.152. The van der Waals surface area contributed by atoms with Gasteiger partial charge in [0.15, 0.2) is 0 Å². The largest absolute Gasteiger partial charge is 0.519 e. The summed E-state index contributed by atoms with van der Waals surface area (Å²) < 4.78 is 10.0. The van der Waals surface area contributed by atoms with Crippen LogP contribution in [-0.4, -0.2) is 6.16 Å². The van der Waals surface area contributed by atoms with Crippen molar-refractivity contribution in [1.29, 1.82) is 0 Å². The molecular weight excluding hydrogens is 264 g/mol. The van der Waals surface area contributed by atoms with Crippen molar-refractivity contribution in [2.45, 2.75) is 0 Å². The summed E-state index contributed by atoms with van der Waals surface area (Å²) in [5.74, 6) is 0.779. The summed E-state index contributed by atoms with van der Waals surface area (Å²) in [5, 5.41) is 0.570. The van der Waals surface area contributed by atoms with Crippen molar-refractivity contribution < 1.29 is 14.3 Å². The second-order valence-electron chi connectivity index (χ2n) is 3.68. The third-order valence-corrected chi connectivity index (χ3v) is 2.58. The standard InChI is InChI=1S/C15H11ClO3/c1-2-11-3-7-13(8-4-11)18-15(17)19-14-9-5-12(16)6-10-14/h2-10H,1H2. The van der Waals surface area contributed by atoms with Crippen LogP contribution in [0.1, 0.15) is 5.56 Å². The molecule has 0 spiro atoms. The second-order valence-corrected chi connectivity index (χ2v) is 4.12. The van der Waals surface area contributed by atoms with Crippen LogP contribution < -0.4 is 9.47 Å². The van der Waals surface area contributed by atoms with Crippen LogP contribution in [0.5, 0.6) is 11.5 Å². The molecule has 2 aromatic rings. The molecule has 2 aromatic carbocycles. The number of carbonyl (C=O) groups is 1. The van der Waals surface area contributed by atoms with E-state index in [1.807, 2.05) is 0 Å². The van der Waals surface area contributed by atoms with Gasteiger partial charge in [0.25, 0.3) is 0 Å². The molecule has 0 aliphatic rings. The van der Waals surface area contributed by atoms with E-state index in [9.17, 15) is 4.79 Å². The van der Waals surface area contributed by atoms with Gasteiger partial charge in [0.1, 0.15) is 11.5 Å². The highest BCUT2D eigenvalue weighted by atomic mass is 35.5. The first-order chi connectivity index (χ1) is 9.17. The molecule has 0 N–H and O–H groups in total. The molecule has 96 valence electrons. The van der Waals surface area contributed by atoms with Crippen LogP contribution in [0.3, 0.4) is 0 Å². The van der Waals surface area contributed by atoms with Crippen molar-refractivity contribution in [2.75, 3.05) is 0 Å². The van der Waals surface area contributed by atoms with Gasteiger partial charge in [-0.15, -0.1) is 0 Å². The lowest BCUT2D eigenvalue weighted by Crippen LogP contribution is -2.13. The molecule has 0 aromatic heterocycles. The molecule has 0 saturated carbocycles. The Morgan fingerprint density at radius 2 is 1.42 bits per heavy atom. The SMILES string of the molecule is C=Cc1ccc(OC(=O)Oc2ccc(Cl)cc2)cc1. The van der Waals surface area contributed by atoms with Gasteiger partial charge in [-0.2, -0.15) is 0 Å². The zero-order valence-corrected chi connectivity index (χ0v) is 10.8. The van der Waals surface area contributed by atoms with Crippen LogP contribution in [0.25, 0.3) is 6.08 Å². The average molecular weight is 275 g/mol. The molecule has 0 heterocycles. The summed E-state index contributed by atoms with van der Waals surface area (Å²) >= 11 is 5.73. The maximum atomic E-state index is 11.5. The van der Waals surface area contributed by atoms with E-state index in [4.69, 9.17) is 21.1 Å². The first-order valence-electron chi connectivity index (χ1n) is 5.55. The number of benzene rings is 2. The van der Waals surface area contributed by atoms with Crippen molar-refractivity contribution in [3.05, 3.63) is 65.7 Å². The van der Waals surface area contributed by atoms with Crippen LogP contribution in [0.4, 0.5) is 4.79 Å². The Bertz CT molecular complexity index is 573. The van der Waals surface area contributed by atoms with E-state index in [0.717, 1.165) is 5.56 Å². The Balaban J connectivity index is 1.96. The van der Waals surface area contributed by atoms with E-state index in [1.54, 1.807) is 54.6 Å². The molecule has 4 heteroatoms. The van der Waals surface area contributed by atoms with Crippen LogP contribution in [-0.2, 0) is 0 Å². The topological polar surface area (TPSA) is 35.5 Å². The van der Waals surface area contributed by atoms with Gasteiger partial charge in [-0.1, -0.05) is 36.4 Å². The van der Waals surface area contributed by atoms with Crippen LogP contribution >= 0.6 is 11.6 Å². The van der Waals surface area contributed by atoms with Gasteiger partial charge in [-0.3, -0.25) is 0 Å². The smallest absolute Gasteiger partial charge is 0.395 e. The summed E-state index contributed by atoms with van der Waals surface area (Å²) in [6.07, 6.45) is 0.907. The number of hydrogen-bond acceptors (Lipinski definition) is 3. The van der Waals surface area contributed by atoms with Gasteiger partial charge in [-0.25, -0.2) is 4.79 Å². The normalized spacial score (nSPS) is 9.74. The van der Waals surface area contributed by atoms with Crippen molar-refractivity contribution in [3.8, 4) is 11.5 Å². The highest BCUT2D eigenvalue weighted by molar-refractivity contribution is 6.30. The van der Waals surface area contributed by atoms with Crippen molar-refractivity contribution in [3.63, 3.8) is 0 Å². The first kappa shape index (κ1) is 13.2. The molecule has 3 nitrogen and oxygen atoms in total. The molecule has 19 heavy (non-hydrogen) atoms. The molecule has 0 unspecified atom stereocenters. The summed E-state index contributed by atoms with van der Waals surface area (Å²) in [6, 6.07) is 13.3. The van der Waals surface area contributed by atoms with Gasteiger partial charge >= 0.3 is 6.16 Å². The number of ether oxygens (including phenoxy) is 2. The number of halogens is 1. The number of carbonyl (C=O) groups excluding carboxylic acids is 1. The Morgan fingerprint density at radius 1 is 0.947 bits per heavy atom. The highest BCUT2D eigenvalue weighted by Gasteiger charge is 2.07. The lowest BCUT2D eigenvalue weighted by Gasteiger charge is -2.05. The van der Waals surface area contributed by atoms with Gasteiger partial charge in [0.05, 0.1) is 0 Å². The van der Waals surface area contributed by atoms with E-state index in [1.165, 1.54) is 0 Å². The highest BCUT2D eigenvalue weighted by Crippen LogP contribution is 2.17. The Morgan fingerprint density at radius 3 is 1.89 bits per heavy atom. The molecule has 2 rings (SSSR count). The predicted molar refractivity (Wildman–Crippen MR) is 74.6 cm³/mol. The third-order valence-electron chi connectivity index (χ3n) is 2.33. The van der Waals surface area contributed by atoms with Crippen LogP contribution in [0, 0.1) is 0 Å². The molecule has 0 aliphatic carbocycles. The molecule has 0 fully saturated rings. The average Bonchev–Trinajstić information content (AvgIpc) is 2.42. The Kier molecular flexibility index (Phi) is 4.21. The summed E-state index contributed by atoms with van der Waals surface area (Å²) in [6.45, 7) is 3.64. The summed E-state index contributed by atoms with van der Waals surface area (Å²) in [7, 11) is 0. The van der Waals surface area contributed by atoms with E-state index in [2.05, 4.69) is 6.58 Å². The van der Waals surface area contributed by atoms with E-state index in [0.29, 0.717) is 16.5 Å². The molecular formula is C15H11ClO3. The molecule has 0 radical (unpaired) electrons.